The van der Waals surface area contributed by atoms with Crippen LogP contribution in [-0.4, -0.2) is 11.0 Å². The Kier molecular flexibility index (Phi) is 3.97. The van der Waals surface area contributed by atoms with E-state index in [2.05, 4.69) is 5.32 Å². The Morgan fingerprint density at radius 1 is 1.37 bits per heavy atom. The van der Waals surface area contributed by atoms with Crippen LogP contribution in [0.4, 0.5) is 20.2 Å². The summed E-state index contributed by atoms with van der Waals surface area (Å²) in [6.45, 7) is 1.88. The van der Waals surface area contributed by atoms with Crippen LogP contribution >= 0.6 is 0 Å². The van der Waals surface area contributed by atoms with Crippen molar-refractivity contribution in [2.45, 2.75) is 38.6 Å². The second-order valence-corrected chi connectivity index (χ2v) is 5.02. The number of nitrogens with zero attached hydrogens (tertiary/aromatic N) is 1. The Balaban J connectivity index is 2.25. The van der Waals surface area contributed by atoms with Crippen molar-refractivity contribution >= 4 is 11.4 Å². The monoisotopic (exact) mass is 270 g/mol. The lowest BCUT2D eigenvalue weighted by Gasteiger charge is -2.21. The molecule has 2 rings (SSSR count). The fourth-order valence-corrected chi connectivity index (χ4v) is 2.65. The van der Waals surface area contributed by atoms with Gasteiger partial charge in [-0.15, -0.1) is 0 Å². The van der Waals surface area contributed by atoms with Crippen molar-refractivity contribution < 1.29 is 13.7 Å². The summed E-state index contributed by atoms with van der Waals surface area (Å²) in [6, 6.07) is 1.34. The van der Waals surface area contributed by atoms with Gasteiger partial charge in [-0.05, 0) is 25.7 Å². The van der Waals surface area contributed by atoms with E-state index in [0.29, 0.717) is 12.0 Å². The third kappa shape index (κ3) is 3.00. The van der Waals surface area contributed by atoms with Gasteiger partial charge in [0, 0.05) is 12.1 Å². The minimum Gasteiger partial charge on any atom is -0.374 e. The number of halogens is 2. The molecule has 1 aromatic rings. The topological polar surface area (TPSA) is 55.2 Å². The van der Waals surface area contributed by atoms with Crippen LogP contribution in [0.2, 0.25) is 0 Å². The lowest BCUT2D eigenvalue weighted by atomic mass is 9.99. The first-order chi connectivity index (χ1) is 8.99. The second-order valence-electron chi connectivity index (χ2n) is 5.02. The Labute approximate surface area is 110 Å². The van der Waals surface area contributed by atoms with Gasteiger partial charge in [0.05, 0.1) is 11.0 Å². The smallest absolute Gasteiger partial charge is 0.298 e. The molecule has 1 aromatic carbocycles. The molecular weight excluding hydrogens is 254 g/mol. The van der Waals surface area contributed by atoms with E-state index < -0.39 is 22.2 Å². The quantitative estimate of drug-likeness (QED) is 0.667. The number of nitro groups is 1. The normalized spacial score (nSPS) is 17.4. The molecule has 0 bridgehead atoms. The maximum atomic E-state index is 13.7. The van der Waals surface area contributed by atoms with Gasteiger partial charge in [0.25, 0.3) is 5.69 Å². The number of nitrogens with one attached hydrogen (secondary N) is 1. The van der Waals surface area contributed by atoms with E-state index in [9.17, 15) is 18.9 Å². The average Bonchev–Trinajstić information content (AvgIpc) is 2.85. The van der Waals surface area contributed by atoms with Crippen LogP contribution in [0.5, 0.6) is 0 Å². The van der Waals surface area contributed by atoms with Gasteiger partial charge in [-0.2, -0.15) is 0 Å². The van der Waals surface area contributed by atoms with Gasteiger partial charge in [-0.3, -0.25) is 10.1 Å². The molecule has 4 nitrogen and oxygen atoms in total. The van der Waals surface area contributed by atoms with Crippen LogP contribution in [0, 0.1) is 27.7 Å². The first-order valence-electron chi connectivity index (χ1n) is 6.39. The first-order valence-corrected chi connectivity index (χ1v) is 6.39. The number of rotatable bonds is 4. The zero-order valence-electron chi connectivity index (χ0n) is 10.7. The summed E-state index contributed by atoms with van der Waals surface area (Å²) < 4.78 is 26.7. The molecule has 104 valence electrons. The highest BCUT2D eigenvalue weighted by Gasteiger charge is 2.26. The predicted octanol–water partition coefficient (Wildman–Crippen LogP) is 3.86. The van der Waals surface area contributed by atoms with E-state index in [1.54, 1.807) is 0 Å². The lowest BCUT2D eigenvalue weighted by molar-refractivity contribution is -0.384. The Morgan fingerprint density at radius 3 is 2.58 bits per heavy atom. The summed E-state index contributed by atoms with van der Waals surface area (Å²) in [6.07, 6.45) is 4.32. The van der Waals surface area contributed by atoms with Gasteiger partial charge in [0.1, 0.15) is 11.5 Å². The molecule has 1 atom stereocenters. The molecule has 0 aromatic heterocycles. The van der Waals surface area contributed by atoms with Crippen LogP contribution < -0.4 is 5.32 Å². The third-order valence-corrected chi connectivity index (χ3v) is 3.71. The third-order valence-electron chi connectivity index (χ3n) is 3.71. The van der Waals surface area contributed by atoms with E-state index in [1.165, 1.54) is 0 Å². The van der Waals surface area contributed by atoms with Gasteiger partial charge < -0.3 is 5.32 Å². The zero-order valence-corrected chi connectivity index (χ0v) is 10.7. The molecule has 1 N–H and O–H groups in total. The van der Waals surface area contributed by atoms with Crippen molar-refractivity contribution in [1.82, 2.24) is 0 Å². The molecule has 1 aliphatic carbocycles. The van der Waals surface area contributed by atoms with Crippen LogP contribution in [0.3, 0.4) is 0 Å². The SMILES string of the molecule is CC(Nc1c(F)cc(F)cc1[N+](=O)[O-])C1CCCC1. The van der Waals surface area contributed by atoms with Crippen molar-refractivity contribution in [3.63, 3.8) is 0 Å². The van der Waals surface area contributed by atoms with E-state index in [0.717, 1.165) is 31.7 Å². The maximum absolute atomic E-state index is 13.7. The molecule has 19 heavy (non-hydrogen) atoms. The molecule has 1 saturated carbocycles. The molecule has 0 aliphatic heterocycles. The Morgan fingerprint density at radius 2 is 2.00 bits per heavy atom. The van der Waals surface area contributed by atoms with E-state index >= 15 is 0 Å². The summed E-state index contributed by atoms with van der Waals surface area (Å²) >= 11 is 0. The summed E-state index contributed by atoms with van der Waals surface area (Å²) in [7, 11) is 0. The molecule has 0 heterocycles. The van der Waals surface area contributed by atoms with Crippen LogP contribution in [-0.2, 0) is 0 Å². The van der Waals surface area contributed by atoms with Crippen molar-refractivity contribution in [3.05, 3.63) is 33.9 Å². The molecular formula is C13H16F2N2O2. The van der Waals surface area contributed by atoms with Crippen molar-refractivity contribution in [1.29, 1.82) is 0 Å². The second kappa shape index (κ2) is 5.50. The zero-order chi connectivity index (χ0) is 14.0. The van der Waals surface area contributed by atoms with E-state index in [1.807, 2.05) is 6.92 Å². The molecule has 0 amide bonds. The molecule has 0 spiro atoms. The molecule has 1 fully saturated rings. The number of nitro benzene ring substituents is 1. The summed E-state index contributed by atoms with van der Waals surface area (Å²) in [5.74, 6) is -1.48. The van der Waals surface area contributed by atoms with Gasteiger partial charge in [-0.1, -0.05) is 12.8 Å². The molecule has 1 unspecified atom stereocenters. The molecule has 6 heteroatoms. The van der Waals surface area contributed by atoms with Crippen LogP contribution in [0.25, 0.3) is 0 Å². The highest BCUT2D eigenvalue weighted by atomic mass is 19.1. The van der Waals surface area contributed by atoms with Crippen LogP contribution in [0.15, 0.2) is 12.1 Å². The highest BCUT2D eigenvalue weighted by Crippen LogP contribution is 2.33. The largest absolute Gasteiger partial charge is 0.374 e. The maximum Gasteiger partial charge on any atom is 0.298 e. The Bertz CT molecular complexity index is 488. The number of benzene rings is 1. The van der Waals surface area contributed by atoms with E-state index in [4.69, 9.17) is 0 Å². The minimum absolute atomic E-state index is 0.0684. The molecule has 1 aliphatic rings. The highest BCUT2D eigenvalue weighted by molar-refractivity contribution is 5.62. The predicted molar refractivity (Wildman–Crippen MR) is 68.1 cm³/mol. The fraction of sp³-hybridized carbons (Fsp3) is 0.538. The van der Waals surface area contributed by atoms with Gasteiger partial charge in [0.15, 0.2) is 5.82 Å². The summed E-state index contributed by atoms with van der Waals surface area (Å²) in [4.78, 5) is 10.1. The Hall–Kier alpha value is -1.72. The fourth-order valence-electron chi connectivity index (χ4n) is 2.65. The number of hydrogen-bond acceptors (Lipinski definition) is 3. The molecule has 0 radical (unpaired) electrons. The van der Waals surface area contributed by atoms with Gasteiger partial charge in [0.2, 0.25) is 0 Å². The number of anilines is 1. The average molecular weight is 270 g/mol. The number of hydrogen-bond donors (Lipinski definition) is 1. The van der Waals surface area contributed by atoms with Crippen molar-refractivity contribution in [3.8, 4) is 0 Å². The summed E-state index contributed by atoms with van der Waals surface area (Å²) in [5, 5.41) is 13.7. The minimum atomic E-state index is -0.941. The summed E-state index contributed by atoms with van der Waals surface area (Å²) in [5.41, 5.74) is -0.770. The lowest BCUT2D eigenvalue weighted by Crippen LogP contribution is -2.25. The molecule has 0 saturated heterocycles. The van der Waals surface area contributed by atoms with E-state index in [-0.39, 0.29) is 11.7 Å². The standard InChI is InChI=1S/C13H16F2N2O2/c1-8(9-4-2-3-5-9)16-13-11(15)6-10(14)7-12(13)17(18)19/h6-9,16H,2-5H2,1H3. The first kappa shape index (κ1) is 13.7. The van der Waals surface area contributed by atoms with Crippen molar-refractivity contribution in [2.75, 3.05) is 5.32 Å². The van der Waals surface area contributed by atoms with Gasteiger partial charge in [-0.25, -0.2) is 8.78 Å². The van der Waals surface area contributed by atoms with Gasteiger partial charge >= 0.3 is 0 Å². The van der Waals surface area contributed by atoms with Crippen molar-refractivity contribution in [2.24, 2.45) is 5.92 Å². The van der Waals surface area contributed by atoms with Crippen LogP contribution in [0.1, 0.15) is 32.6 Å².